The molecule has 2 heterocycles. The second-order valence-electron chi connectivity index (χ2n) is 6.51. The normalized spacial score (nSPS) is 15.0. The Morgan fingerprint density at radius 1 is 1.04 bits per heavy atom. The summed E-state index contributed by atoms with van der Waals surface area (Å²) in [4.78, 5) is 23.9. The number of hydrogen-bond donors (Lipinski definition) is 1. The maximum atomic E-state index is 12.5. The number of carbonyl (C=O) groups is 1. The molecule has 1 aromatic carbocycles. The molecule has 0 radical (unpaired) electrons. The monoisotopic (exact) mass is 389 g/mol. The van der Waals surface area contributed by atoms with E-state index in [0.717, 1.165) is 18.4 Å². The average Bonchev–Trinajstić information content (AvgIpc) is 3.22. The van der Waals surface area contributed by atoms with Gasteiger partial charge in [0.1, 0.15) is 0 Å². The molecule has 1 aromatic heterocycles. The molecule has 1 saturated heterocycles. The van der Waals surface area contributed by atoms with Crippen molar-refractivity contribution < 1.29 is 13.2 Å². The SMILES string of the molecule is O=C(CCn1ccccc1=O)NCc1ccc(S(=O)(=O)N2CCCC2)cc1. The minimum absolute atomic E-state index is 0.139. The van der Waals surface area contributed by atoms with Crippen LogP contribution in [0.1, 0.15) is 24.8 Å². The first-order chi connectivity index (χ1) is 13.0. The van der Waals surface area contributed by atoms with E-state index in [4.69, 9.17) is 0 Å². The number of amides is 1. The zero-order chi connectivity index (χ0) is 19.3. The molecule has 144 valence electrons. The summed E-state index contributed by atoms with van der Waals surface area (Å²) in [6.07, 6.45) is 3.65. The van der Waals surface area contributed by atoms with Gasteiger partial charge in [0.15, 0.2) is 0 Å². The molecule has 1 fully saturated rings. The number of benzene rings is 1. The van der Waals surface area contributed by atoms with E-state index in [9.17, 15) is 18.0 Å². The van der Waals surface area contributed by atoms with Crippen molar-refractivity contribution in [3.05, 3.63) is 64.6 Å². The Morgan fingerprint density at radius 2 is 1.74 bits per heavy atom. The van der Waals surface area contributed by atoms with Crippen LogP contribution >= 0.6 is 0 Å². The summed E-state index contributed by atoms with van der Waals surface area (Å²) in [5, 5.41) is 2.79. The van der Waals surface area contributed by atoms with E-state index in [1.54, 1.807) is 42.6 Å². The zero-order valence-corrected chi connectivity index (χ0v) is 15.8. The van der Waals surface area contributed by atoms with Gasteiger partial charge in [0.05, 0.1) is 4.90 Å². The number of pyridine rings is 1. The zero-order valence-electron chi connectivity index (χ0n) is 15.0. The number of rotatable bonds is 7. The van der Waals surface area contributed by atoms with Crippen LogP contribution < -0.4 is 10.9 Å². The second kappa shape index (κ2) is 8.49. The quantitative estimate of drug-likeness (QED) is 0.774. The van der Waals surface area contributed by atoms with E-state index in [1.807, 2.05) is 0 Å². The van der Waals surface area contributed by atoms with Crippen LogP contribution in [-0.2, 0) is 27.9 Å². The van der Waals surface area contributed by atoms with Crippen molar-refractivity contribution in [1.29, 1.82) is 0 Å². The Labute approximate surface area is 158 Å². The summed E-state index contributed by atoms with van der Waals surface area (Å²) in [7, 11) is -3.42. The maximum Gasteiger partial charge on any atom is 0.250 e. The number of aryl methyl sites for hydroxylation is 1. The van der Waals surface area contributed by atoms with Crippen molar-refractivity contribution in [2.45, 2.75) is 37.2 Å². The molecule has 0 saturated carbocycles. The molecule has 0 bridgehead atoms. The van der Waals surface area contributed by atoms with Gasteiger partial charge in [0, 0.05) is 44.9 Å². The van der Waals surface area contributed by atoms with Gasteiger partial charge < -0.3 is 9.88 Å². The summed E-state index contributed by atoms with van der Waals surface area (Å²) in [5.41, 5.74) is 0.681. The lowest BCUT2D eigenvalue weighted by Crippen LogP contribution is -2.28. The van der Waals surface area contributed by atoms with Crippen LogP contribution in [0.25, 0.3) is 0 Å². The highest BCUT2D eigenvalue weighted by Gasteiger charge is 2.26. The molecule has 1 amide bonds. The fraction of sp³-hybridized carbons (Fsp3) is 0.368. The van der Waals surface area contributed by atoms with Gasteiger partial charge in [0.2, 0.25) is 15.9 Å². The number of hydrogen-bond acceptors (Lipinski definition) is 4. The van der Waals surface area contributed by atoms with Gasteiger partial charge >= 0.3 is 0 Å². The molecule has 27 heavy (non-hydrogen) atoms. The van der Waals surface area contributed by atoms with Crippen molar-refractivity contribution in [1.82, 2.24) is 14.2 Å². The number of nitrogens with zero attached hydrogens (tertiary/aromatic N) is 2. The molecule has 8 heteroatoms. The fourth-order valence-electron chi connectivity index (χ4n) is 3.01. The second-order valence-corrected chi connectivity index (χ2v) is 8.45. The first kappa shape index (κ1) is 19.3. The van der Waals surface area contributed by atoms with Crippen LogP contribution in [0.4, 0.5) is 0 Å². The van der Waals surface area contributed by atoms with E-state index in [0.29, 0.717) is 26.2 Å². The molecular weight excluding hydrogens is 366 g/mol. The topological polar surface area (TPSA) is 88.5 Å². The number of aromatic nitrogens is 1. The molecule has 0 spiro atoms. The van der Waals surface area contributed by atoms with Gasteiger partial charge in [-0.1, -0.05) is 18.2 Å². The van der Waals surface area contributed by atoms with Crippen molar-refractivity contribution in [2.24, 2.45) is 0 Å². The van der Waals surface area contributed by atoms with E-state index < -0.39 is 10.0 Å². The number of nitrogens with one attached hydrogen (secondary N) is 1. The smallest absolute Gasteiger partial charge is 0.250 e. The Balaban J connectivity index is 1.52. The first-order valence-corrected chi connectivity index (χ1v) is 10.4. The molecule has 1 aliphatic heterocycles. The Morgan fingerprint density at radius 3 is 2.41 bits per heavy atom. The van der Waals surface area contributed by atoms with Crippen LogP contribution in [0.15, 0.2) is 58.4 Å². The Hall–Kier alpha value is -2.45. The largest absolute Gasteiger partial charge is 0.352 e. The molecule has 0 unspecified atom stereocenters. The van der Waals surface area contributed by atoms with Gasteiger partial charge in [-0.05, 0) is 36.6 Å². The summed E-state index contributed by atoms with van der Waals surface area (Å²) >= 11 is 0. The minimum atomic E-state index is -3.42. The van der Waals surface area contributed by atoms with Crippen LogP contribution in [0.5, 0.6) is 0 Å². The standard InChI is InChI=1S/C19H23N3O4S/c23-18(10-14-21-11-2-1-5-19(21)24)20-15-16-6-8-17(9-7-16)27(25,26)22-12-3-4-13-22/h1-2,5-9,11H,3-4,10,12-15H2,(H,20,23). The average molecular weight is 389 g/mol. The first-order valence-electron chi connectivity index (χ1n) is 8.98. The van der Waals surface area contributed by atoms with E-state index in [2.05, 4.69) is 5.32 Å². The van der Waals surface area contributed by atoms with Crippen LogP contribution in [-0.4, -0.2) is 36.3 Å². The lowest BCUT2D eigenvalue weighted by Gasteiger charge is -2.15. The third-order valence-corrected chi connectivity index (χ3v) is 6.51. The fourth-order valence-corrected chi connectivity index (χ4v) is 4.53. The molecular formula is C19H23N3O4S. The lowest BCUT2D eigenvalue weighted by molar-refractivity contribution is -0.121. The van der Waals surface area contributed by atoms with Crippen molar-refractivity contribution in [2.75, 3.05) is 13.1 Å². The Bertz CT molecular complexity index is 945. The summed E-state index contributed by atoms with van der Waals surface area (Å²) in [6, 6.07) is 11.5. The van der Waals surface area contributed by atoms with Crippen molar-refractivity contribution >= 4 is 15.9 Å². The summed E-state index contributed by atoms with van der Waals surface area (Å²) < 4.78 is 28.0. The van der Waals surface area contributed by atoms with Crippen molar-refractivity contribution in [3.8, 4) is 0 Å². The highest BCUT2D eigenvalue weighted by molar-refractivity contribution is 7.89. The van der Waals surface area contributed by atoms with E-state index in [1.165, 1.54) is 14.9 Å². The predicted molar refractivity (Wildman–Crippen MR) is 102 cm³/mol. The third kappa shape index (κ3) is 4.84. The third-order valence-electron chi connectivity index (χ3n) is 4.59. The maximum absolute atomic E-state index is 12.5. The predicted octanol–water partition coefficient (Wildman–Crippen LogP) is 1.34. The van der Waals surface area contributed by atoms with Gasteiger partial charge in [-0.15, -0.1) is 0 Å². The van der Waals surface area contributed by atoms with Gasteiger partial charge in [0.25, 0.3) is 5.56 Å². The summed E-state index contributed by atoms with van der Waals surface area (Å²) in [5.74, 6) is -0.167. The van der Waals surface area contributed by atoms with E-state index in [-0.39, 0.29) is 22.8 Å². The van der Waals surface area contributed by atoms with Crippen molar-refractivity contribution in [3.63, 3.8) is 0 Å². The van der Waals surface area contributed by atoms with Crippen LogP contribution in [0, 0.1) is 0 Å². The van der Waals surface area contributed by atoms with Gasteiger partial charge in [-0.2, -0.15) is 4.31 Å². The summed E-state index contributed by atoms with van der Waals surface area (Å²) in [6.45, 7) is 1.78. The van der Waals surface area contributed by atoms with Gasteiger partial charge in [-0.3, -0.25) is 9.59 Å². The molecule has 0 aliphatic carbocycles. The van der Waals surface area contributed by atoms with Crippen LogP contribution in [0.2, 0.25) is 0 Å². The Kier molecular flexibility index (Phi) is 6.08. The molecule has 0 atom stereocenters. The van der Waals surface area contributed by atoms with E-state index >= 15 is 0 Å². The molecule has 7 nitrogen and oxygen atoms in total. The highest BCUT2D eigenvalue weighted by Crippen LogP contribution is 2.21. The van der Waals surface area contributed by atoms with Crippen LogP contribution in [0.3, 0.4) is 0 Å². The molecule has 1 aliphatic rings. The molecule has 1 N–H and O–H groups in total. The molecule has 2 aromatic rings. The lowest BCUT2D eigenvalue weighted by atomic mass is 10.2. The minimum Gasteiger partial charge on any atom is -0.352 e. The van der Waals surface area contributed by atoms with Gasteiger partial charge in [-0.25, -0.2) is 8.42 Å². The number of carbonyl (C=O) groups excluding carboxylic acids is 1. The molecule has 3 rings (SSSR count). The highest BCUT2D eigenvalue weighted by atomic mass is 32.2. The number of sulfonamides is 1.